The fourth-order valence-electron chi connectivity index (χ4n) is 5.22. The van der Waals surface area contributed by atoms with Crippen LogP contribution >= 0.6 is 0 Å². The molecule has 1 saturated heterocycles. The Kier molecular flexibility index (Phi) is 11.7. The van der Waals surface area contributed by atoms with Crippen LogP contribution in [0, 0.1) is 13.8 Å². The van der Waals surface area contributed by atoms with E-state index in [2.05, 4.69) is 0 Å². The van der Waals surface area contributed by atoms with Crippen molar-refractivity contribution < 1.29 is 53.7 Å². The highest BCUT2D eigenvalue weighted by atomic mass is 32.2. The average Bonchev–Trinajstić information content (AvgIpc) is 3.44. The SMILES string of the molecule is Cc1ccc(S(=O)(=O)O[C@H](COC(=O)c2ccccc2)[C@H]2OC(C)(C)O[C@@H]2[C@@H](COC(=O)c2ccccc2)OS(=O)(=O)c2ccc(C)cc2)cc1. The average molecular weight is 739 g/mol. The van der Waals surface area contributed by atoms with E-state index in [9.17, 15) is 26.4 Å². The molecule has 0 spiro atoms. The first-order valence-corrected chi connectivity index (χ1v) is 18.8. The summed E-state index contributed by atoms with van der Waals surface area (Å²) < 4.78 is 89.3. The Labute approximate surface area is 297 Å². The highest BCUT2D eigenvalue weighted by molar-refractivity contribution is 7.87. The van der Waals surface area contributed by atoms with Gasteiger partial charge in [-0.1, -0.05) is 71.8 Å². The van der Waals surface area contributed by atoms with E-state index in [1.807, 2.05) is 0 Å². The van der Waals surface area contributed by atoms with Crippen LogP contribution in [0.1, 0.15) is 45.7 Å². The third kappa shape index (κ3) is 9.88. The molecule has 4 atom stereocenters. The molecule has 1 fully saturated rings. The van der Waals surface area contributed by atoms with Gasteiger partial charge in [-0.05, 0) is 76.2 Å². The lowest BCUT2D eigenvalue weighted by molar-refractivity contribution is -0.160. The summed E-state index contributed by atoms with van der Waals surface area (Å²) in [5, 5.41) is 0. The zero-order valence-corrected chi connectivity index (χ0v) is 30.0. The molecule has 0 radical (unpaired) electrons. The molecule has 0 bridgehead atoms. The maximum absolute atomic E-state index is 13.6. The predicted octanol–water partition coefficient (Wildman–Crippen LogP) is 5.39. The molecule has 0 aliphatic carbocycles. The molecule has 0 unspecified atom stereocenters. The van der Waals surface area contributed by atoms with Crippen LogP contribution in [0.25, 0.3) is 0 Å². The molecule has 5 rings (SSSR count). The summed E-state index contributed by atoms with van der Waals surface area (Å²) in [5.74, 6) is -3.02. The van der Waals surface area contributed by atoms with Crippen molar-refractivity contribution in [3.63, 3.8) is 0 Å². The molecule has 14 heteroatoms. The summed E-state index contributed by atoms with van der Waals surface area (Å²) in [6.07, 6.45) is -6.10. The molecular weight excluding hydrogens is 701 g/mol. The van der Waals surface area contributed by atoms with Crippen LogP contribution < -0.4 is 0 Å². The van der Waals surface area contributed by atoms with E-state index < -0.39 is 75.6 Å². The van der Waals surface area contributed by atoms with Gasteiger partial charge in [-0.25, -0.2) is 9.59 Å². The molecule has 270 valence electrons. The zero-order chi connectivity index (χ0) is 36.8. The van der Waals surface area contributed by atoms with Gasteiger partial charge in [-0.15, -0.1) is 0 Å². The molecule has 1 aliphatic rings. The van der Waals surface area contributed by atoms with E-state index in [1.54, 1.807) is 74.5 Å². The van der Waals surface area contributed by atoms with Gasteiger partial charge in [0.25, 0.3) is 20.2 Å². The number of aryl methyl sites for hydroxylation is 2. The van der Waals surface area contributed by atoms with Gasteiger partial charge in [-0.3, -0.25) is 8.37 Å². The van der Waals surface area contributed by atoms with Crippen LogP contribution in [-0.4, -0.2) is 72.2 Å². The predicted molar refractivity (Wildman–Crippen MR) is 184 cm³/mol. The van der Waals surface area contributed by atoms with Gasteiger partial charge in [0, 0.05) is 0 Å². The summed E-state index contributed by atoms with van der Waals surface area (Å²) >= 11 is 0. The molecule has 0 saturated carbocycles. The minimum absolute atomic E-state index is 0.186. The van der Waals surface area contributed by atoms with Crippen LogP contribution in [0.2, 0.25) is 0 Å². The normalized spacial score (nSPS) is 18.4. The molecule has 4 aromatic rings. The quantitative estimate of drug-likeness (QED) is 0.120. The molecule has 51 heavy (non-hydrogen) atoms. The number of rotatable bonds is 14. The summed E-state index contributed by atoms with van der Waals surface area (Å²) in [6.45, 7) is 5.27. The van der Waals surface area contributed by atoms with E-state index >= 15 is 0 Å². The Balaban J connectivity index is 1.51. The number of esters is 2. The Bertz CT molecular complexity index is 1870. The monoisotopic (exact) mass is 738 g/mol. The molecule has 1 heterocycles. The van der Waals surface area contributed by atoms with Crippen molar-refractivity contribution in [3.8, 4) is 0 Å². The molecule has 0 N–H and O–H groups in total. The topological polar surface area (TPSA) is 158 Å². The van der Waals surface area contributed by atoms with Crippen LogP contribution in [0.3, 0.4) is 0 Å². The second kappa shape index (κ2) is 15.8. The number of ether oxygens (including phenoxy) is 4. The van der Waals surface area contributed by atoms with Crippen molar-refractivity contribution >= 4 is 32.2 Å². The summed E-state index contributed by atoms with van der Waals surface area (Å²) in [4.78, 5) is 25.6. The summed E-state index contributed by atoms with van der Waals surface area (Å²) in [7, 11) is -9.06. The molecule has 0 aromatic heterocycles. The first kappa shape index (κ1) is 37.8. The number of carbonyl (C=O) groups is 2. The number of benzene rings is 4. The number of carbonyl (C=O) groups excluding carboxylic acids is 2. The standard InChI is InChI=1S/C37H38O12S2/c1-25-15-19-29(20-16-25)50(40,41)48-31(23-44-35(38)27-11-7-5-8-12-27)33-34(47-37(3,4)46-33)32(24-45-36(39)28-13-9-6-10-14-28)49-51(42,43)30-21-17-26(2)18-22-30/h5-22,31-34H,23-24H2,1-4H3/t31-,32-,33-,34-/m1/s1. The maximum Gasteiger partial charge on any atom is 0.338 e. The first-order chi connectivity index (χ1) is 24.1. The first-order valence-electron chi connectivity index (χ1n) is 15.9. The van der Waals surface area contributed by atoms with Gasteiger partial charge in [0.15, 0.2) is 5.79 Å². The fourth-order valence-corrected chi connectivity index (χ4v) is 7.37. The lowest BCUT2D eigenvalue weighted by Gasteiger charge is -2.30. The van der Waals surface area contributed by atoms with Crippen LogP contribution in [0.5, 0.6) is 0 Å². The highest BCUT2D eigenvalue weighted by Crippen LogP contribution is 2.36. The molecule has 12 nitrogen and oxygen atoms in total. The van der Waals surface area contributed by atoms with Gasteiger partial charge in [0.1, 0.15) is 37.6 Å². The van der Waals surface area contributed by atoms with E-state index in [0.717, 1.165) is 11.1 Å². The van der Waals surface area contributed by atoms with E-state index in [4.69, 9.17) is 27.3 Å². The van der Waals surface area contributed by atoms with Crippen molar-refractivity contribution in [3.05, 3.63) is 131 Å². The molecular formula is C37H38O12S2. The van der Waals surface area contributed by atoms with Gasteiger partial charge in [0.2, 0.25) is 0 Å². The third-order valence-corrected chi connectivity index (χ3v) is 10.5. The second-order valence-corrected chi connectivity index (χ2v) is 15.4. The maximum atomic E-state index is 13.6. The third-order valence-electron chi connectivity index (χ3n) is 7.79. The number of hydrogen-bond acceptors (Lipinski definition) is 12. The highest BCUT2D eigenvalue weighted by Gasteiger charge is 2.52. The van der Waals surface area contributed by atoms with E-state index in [-0.39, 0.29) is 20.9 Å². The van der Waals surface area contributed by atoms with Crippen molar-refractivity contribution in [1.82, 2.24) is 0 Å². The molecule has 0 amide bonds. The van der Waals surface area contributed by atoms with Gasteiger partial charge in [0.05, 0.1) is 20.9 Å². The van der Waals surface area contributed by atoms with Crippen molar-refractivity contribution in [2.75, 3.05) is 13.2 Å². The largest absolute Gasteiger partial charge is 0.459 e. The lowest BCUT2D eigenvalue weighted by Crippen LogP contribution is -2.49. The number of hydrogen-bond donors (Lipinski definition) is 0. The van der Waals surface area contributed by atoms with E-state index in [1.165, 1.54) is 62.4 Å². The van der Waals surface area contributed by atoms with Crippen molar-refractivity contribution in [2.24, 2.45) is 0 Å². The fraction of sp³-hybridized carbons (Fsp3) is 0.297. The second-order valence-electron chi connectivity index (χ2n) is 12.3. The van der Waals surface area contributed by atoms with Gasteiger partial charge >= 0.3 is 11.9 Å². The minimum Gasteiger partial charge on any atom is -0.459 e. The Morgan fingerprint density at radius 1 is 0.588 bits per heavy atom. The molecule has 4 aromatic carbocycles. The lowest BCUT2D eigenvalue weighted by atomic mass is 10.0. The van der Waals surface area contributed by atoms with Gasteiger partial charge in [-0.2, -0.15) is 16.8 Å². The Morgan fingerprint density at radius 3 is 1.25 bits per heavy atom. The van der Waals surface area contributed by atoms with Crippen LogP contribution in [-0.2, 0) is 47.5 Å². The van der Waals surface area contributed by atoms with E-state index in [0.29, 0.717) is 0 Å². The van der Waals surface area contributed by atoms with Crippen molar-refractivity contribution in [1.29, 1.82) is 0 Å². The summed E-state index contributed by atoms with van der Waals surface area (Å²) in [5.41, 5.74) is 1.99. The smallest absolute Gasteiger partial charge is 0.338 e. The summed E-state index contributed by atoms with van der Waals surface area (Å²) in [6, 6.07) is 27.8. The Morgan fingerprint density at radius 2 is 0.922 bits per heavy atom. The van der Waals surface area contributed by atoms with Crippen molar-refractivity contribution in [2.45, 2.75) is 67.7 Å². The minimum atomic E-state index is -4.53. The zero-order valence-electron chi connectivity index (χ0n) is 28.3. The Hall–Kier alpha value is -4.44. The van der Waals surface area contributed by atoms with Crippen LogP contribution in [0.15, 0.2) is 119 Å². The molecule has 1 aliphatic heterocycles. The van der Waals surface area contributed by atoms with Gasteiger partial charge < -0.3 is 18.9 Å². The van der Waals surface area contributed by atoms with Crippen LogP contribution in [0.4, 0.5) is 0 Å².